The summed E-state index contributed by atoms with van der Waals surface area (Å²) in [7, 11) is 0. The van der Waals surface area contributed by atoms with Gasteiger partial charge in [-0.2, -0.15) is 0 Å². The first kappa shape index (κ1) is 31.0. The summed E-state index contributed by atoms with van der Waals surface area (Å²) < 4.78 is 2.34. The molecule has 0 aliphatic carbocycles. The number of hydrogen-bond acceptors (Lipinski definition) is 3. The third-order valence-electron chi connectivity index (χ3n) is 9.66. The van der Waals surface area contributed by atoms with Gasteiger partial charge >= 0.3 is 0 Å². The van der Waals surface area contributed by atoms with Gasteiger partial charge in [0.1, 0.15) is 5.82 Å². The molecule has 0 saturated carbocycles. The van der Waals surface area contributed by atoms with E-state index in [9.17, 15) is 5.41 Å². The van der Waals surface area contributed by atoms with Crippen LogP contribution in [0.4, 0.5) is 0 Å². The van der Waals surface area contributed by atoms with Gasteiger partial charge in [0, 0.05) is 33.3 Å². The molecule has 4 heteroatoms. The molecule has 0 unspecified atom stereocenters. The molecule has 1 aliphatic rings. The zero-order valence-electron chi connectivity index (χ0n) is 28.4. The summed E-state index contributed by atoms with van der Waals surface area (Å²) in [6.07, 6.45) is 2.09. The van der Waals surface area contributed by atoms with Crippen LogP contribution in [0, 0.1) is 5.41 Å². The summed E-state index contributed by atoms with van der Waals surface area (Å²) in [5.74, 6) is 0.636. The number of benzene rings is 7. The molecule has 9 rings (SSSR count). The molecule has 2 heterocycles. The topological polar surface area (TPSA) is 53.2 Å². The SMILES string of the molecule is N=C(/C(=C1/N=C(c2ccccc2)C=C(c2ccccc2)N1)c1ccc(-c2ccc3c(c2)c2ccccc2n3-c2ccccc2)cc1)c1ccccc1. The number of hydrogen-bond donors (Lipinski definition) is 2. The molecule has 1 aromatic heterocycles. The highest BCUT2D eigenvalue weighted by Crippen LogP contribution is 2.36. The van der Waals surface area contributed by atoms with Crippen LogP contribution in [-0.2, 0) is 0 Å². The fourth-order valence-electron chi connectivity index (χ4n) is 7.12. The fraction of sp³-hybridized carbons (Fsp3) is 0. The van der Waals surface area contributed by atoms with Gasteiger partial charge in [0.25, 0.3) is 0 Å². The van der Waals surface area contributed by atoms with Gasteiger partial charge in [-0.15, -0.1) is 0 Å². The quantitative estimate of drug-likeness (QED) is 0.163. The van der Waals surface area contributed by atoms with Gasteiger partial charge in [0.05, 0.1) is 28.0 Å². The van der Waals surface area contributed by atoms with Gasteiger partial charge in [0.2, 0.25) is 0 Å². The Morgan fingerprint density at radius 3 is 1.77 bits per heavy atom. The van der Waals surface area contributed by atoms with Crippen LogP contribution in [-0.4, -0.2) is 16.0 Å². The number of para-hydroxylation sites is 2. The zero-order valence-corrected chi connectivity index (χ0v) is 28.4. The van der Waals surface area contributed by atoms with Crippen molar-refractivity contribution < 1.29 is 0 Å². The van der Waals surface area contributed by atoms with E-state index in [2.05, 4.69) is 137 Å². The number of nitrogens with one attached hydrogen (secondary N) is 2. The first-order valence-corrected chi connectivity index (χ1v) is 17.5. The van der Waals surface area contributed by atoms with Crippen LogP contribution < -0.4 is 5.32 Å². The number of aliphatic imine (C=N–C) groups is 1. The lowest BCUT2D eigenvalue weighted by Gasteiger charge is -2.22. The van der Waals surface area contributed by atoms with Crippen molar-refractivity contribution in [2.24, 2.45) is 4.99 Å². The molecule has 246 valence electrons. The van der Waals surface area contributed by atoms with E-state index in [-0.39, 0.29) is 0 Å². The van der Waals surface area contributed by atoms with Gasteiger partial charge in [-0.05, 0) is 58.7 Å². The van der Waals surface area contributed by atoms with Gasteiger partial charge in [-0.3, -0.25) is 5.41 Å². The monoisotopic (exact) mass is 666 g/mol. The van der Waals surface area contributed by atoms with Crippen LogP contribution >= 0.6 is 0 Å². The van der Waals surface area contributed by atoms with Crippen LogP contribution in [0.15, 0.2) is 205 Å². The van der Waals surface area contributed by atoms with Gasteiger partial charge in [-0.1, -0.05) is 158 Å². The van der Waals surface area contributed by atoms with E-state index in [4.69, 9.17) is 4.99 Å². The minimum Gasteiger partial charge on any atom is -0.339 e. The van der Waals surface area contributed by atoms with E-state index in [1.54, 1.807) is 0 Å². The minimum atomic E-state index is 0.400. The second-order valence-corrected chi connectivity index (χ2v) is 12.9. The zero-order chi connectivity index (χ0) is 34.9. The first-order valence-electron chi connectivity index (χ1n) is 17.5. The molecule has 0 spiro atoms. The second-order valence-electron chi connectivity index (χ2n) is 12.9. The molecule has 4 nitrogen and oxygen atoms in total. The molecule has 7 aromatic carbocycles. The lowest BCUT2D eigenvalue weighted by molar-refractivity contribution is 1.04. The largest absolute Gasteiger partial charge is 0.339 e. The summed E-state index contributed by atoms with van der Waals surface area (Å²) in [4.78, 5) is 5.19. The summed E-state index contributed by atoms with van der Waals surface area (Å²) in [5, 5.41) is 15.6. The molecule has 52 heavy (non-hydrogen) atoms. The van der Waals surface area contributed by atoms with Crippen LogP contribution in [0.3, 0.4) is 0 Å². The Kier molecular flexibility index (Phi) is 7.95. The average Bonchev–Trinajstić information content (AvgIpc) is 3.56. The van der Waals surface area contributed by atoms with Gasteiger partial charge < -0.3 is 9.88 Å². The van der Waals surface area contributed by atoms with E-state index < -0.39 is 0 Å². The molecule has 2 N–H and O–H groups in total. The molecule has 1 aliphatic heterocycles. The molecule has 0 bridgehead atoms. The van der Waals surface area contributed by atoms with Crippen LogP contribution in [0.25, 0.3) is 49.9 Å². The third kappa shape index (κ3) is 5.72. The predicted octanol–water partition coefficient (Wildman–Crippen LogP) is 11.3. The molecule has 0 fully saturated rings. The lowest BCUT2D eigenvalue weighted by Crippen LogP contribution is -2.22. The molecule has 0 amide bonds. The highest BCUT2D eigenvalue weighted by molar-refractivity contribution is 6.31. The summed E-state index contributed by atoms with van der Waals surface area (Å²) in [6, 6.07) is 64.8. The van der Waals surface area contributed by atoms with Crippen molar-refractivity contribution in [2.45, 2.75) is 0 Å². The first-order chi connectivity index (χ1) is 25.7. The Hall–Kier alpha value is -7.04. The average molecular weight is 667 g/mol. The fourth-order valence-corrected chi connectivity index (χ4v) is 7.12. The van der Waals surface area contributed by atoms with E-state index >= 15 is 0 Å². The van der Waals surface area contributed by atoms with Gasteiger partial charge in [0.15, 0.2) is 0 Å². The highest BCUT2D eigenvalue weighted by Gasteiger charge is 2.22. The Morgan fingerprint density at radius 2 is 1.06 bits per heavy atom. The van der Waals surface area contributed by atoms with Crippen molar-refractivity contribution >= 4 is 44.5 Å². The van der Waals surface area contributed by atoms with Crippen molar-refractivity contribution in [1.29, 1.82) is 5.41 Å². The van der Waals surface area contributed by atoms with Crippen molar-refractivity contribution in [3.63, 3.8) is 0 Å². The lowest BCUT2D eigenvalue weighted by atomic mass is 9.93. The van der Waals surface area contributed by atoms with Crippen molar-refractivity contribution in [3.8, 4) is 16.8 Å². The normalized spacial score (nSPS) is 13.7. The number of fused-ring (bicyclic) bond motifs is 3. The predicted molar refractivity (Wildman–Crippen MR) is 217 cm³/mol. The molecule has 0 atom stereocenters. The Bertz CT molecular complexity index is 2670. The standard InChI is InChI=1S/C48H34N4/c49-47(37-19-9-3-10-20-37)46(48-50-42(34-15-5-1-6-16-34)32-43(51-48)35-17-7-2-8-18-35)36-27-25-33(26-28-36)38-29-30-45-41(31-38)40-23-13-14-24-44(40)52(45)39-21-11-4-12-22-39/h1-32,49-50H/b48-46+,49-47?. The van der Waals surface area contributed by atoms with Crippen LogP contribution in [0.1, 0.15) is 22.3 Å². The number of rotatable bonds is 7. The summed E-state index contributed by atoms with van der Waals surface area (Å²) in [6.45, 7) is 0. The van der Waals surface area contributed by atoms with Crippen molar-refractivity contribution in [2.75, 3.05) is 0 Å². The maximum atomic E-state index is 9.57. The van der Waals surface area contributed by atoms with E-state index in [1.807, 2.05) is 66.7 Å². The number of aromatic nitrogens is 1. The molecule has 0 saturated heterocycles. The van der Waals surface area contributed by atoms with Gasteiger partial charge in [-0.25, -0.2) is 4.99 Å². The Morgan fingerprint density at radius 1 is 0.481 bits per heavy atom. The smallest absolute Gasteiger partial charge is 0.141 e. The number of allylic oxidation sites excluding steroid dienone is 2. The summed E-state index contributed by atoms with van der Waals surface area (Å²) >= 11 is 0. The highest BCUT2D eigenvalue weighted by atomic mass is 15.1. The molecule has 0 radical (unpaired) electrons. The molecular weight excluding hydrogens is 633 g/mol. The summed E-state index contributed by atoms with van der Waals surface area (Å²) in [5.41, 5.74) is 12.4. The maximum absolute atomic E-state index is 9.57. The molecule has 8 aromatic rings. The maximum Gasteiger partial charge on any atom is 0.141 e. The second kappa shape index (κ2) is 13.3. The minimum absolute atomic E-state index is 0.400. The van der Waals surface area contributed by atoms with E-state index in [0.29, 0.717) is 11.5 Å². The van der Waals surface area contributed by atoms with Crippen molar-refractivity contribution in [3.05, 3.63) is 222 Å². The van der Waals surface area contributed by atoms with E-state index in [0.717, 1.165) is 56.0 Å². The number of nitrogens with zero attached hydrogens (tertiary/aromatic N) is 2. The third-order valence-corrected chi connectivity index (χ3v) is 9.66. The Balaban J connectivity index is 1.17. The van der Waals surface area contributed by atoms with Crippen molar-refractivity contribution in [1.82, 2.24) is 9.88 Å². The van der Waals surface area contributed by atoms with Crippen LogP contribution in [0.5, 0.6) is 0 Å². The van der Waals surface area contributed by atoms with Crippen LogP contribution in [0.2, 0.25) is 0 Å². The Labute approximate surface area is 302 Å². The van der Waals surface area contributed by atoms with E-state index in [1.165, 1.54) is 21.8 Å². The molecular formula is C48H34N4.